The maximum absolute atomic E-state index is 13.2. The summed E-state index contributed by atoms with van der Waals surface area (Å²) in [5.74, 6) is -0.358. The molecule has 19 heavy (non-hydrogen) atoms. The monoisotopic (exact) mass is 267 g/mol. The minimum atomic E-state index is -0.295. The van der Waals surface area contributed by atoms with E-state index in [1.165, 1.54) is 12.1 Å². The Morgan fingerprint density at radius 2 is 2.16 bits per heavy atom. The van der Waals surface area contributed by atoms with Crippen LogP contribution in [0.25, 0.3) is 0 Å². The van der Waals surface area contributed by atoms with Gasteiger partial charge in [-0.25, -0.2) is 4.39 Å². The van der Waals surface area contributed by atoms with Gasteiger partial charge in [-0.15, -0.1) is 0 Å². The molecule has 0 fully saturated rings. The van der Waals surface area contributed by atoms with Crippen LogP contribution in [0.5, 0.6) is 0 Å². The number of halogens is 1. The fourth-order valence-corrected chi connectivity index (χ4v) is 1.99. The summed E-state index contributed by atoms with van der Waals surface area (Å²) in [7, 11) is 1.81. The Labute approximate surface area is 113 Å². The number of amides is 1. The van der Waals surface area contributed by atoms with Gasteiger partial charge < -0.3 is 11.1 Å². The first-order valence-corrected chi connectivity index (χ1v) is 6.39. The van der Waals surface area contributed by atoms with Crippen molar-refractivity contribution in [3.63, 3.8) is 0 Å². The molecular formula is C14H22FN3O. The van der Waals surface area contributed by atoms with Crippen LogP contribution in [-0.4, -0.2) is 37.0 Å². The number of benzene rings is 1. The lowest BCUT2D eigenvalue weighted by atomic mass is 10.1. The first kappa shape index (κ1) is 15.6. The van der Waals surface area contributed by atoms with Crippen molar-refractivity contribution in [1.29, 1.82) is 0 Å². The number of likely N-dealkylation sites (N-methyl/N-ethyl adjacent to an activating group) is 1. The van der Waals surface area contributed by atoms with Gasteiger partial charge in [0.05, 0.1) is 6.54 Å². The lowest BCUT2D eigenvalue weighted by Crippen LogP contribution is -2.41. The summed E-state index contributed by atoms with van der Waals surface area (Å²) in [6, 6.07) is 6.24. The lowest BCUT2D eigenvalue weighted by Gasteiger charge is -2.27. The molecular weight excluding hydrogens is 245 g/mol. The van der Waals surface area contributed by atoms with Gasteiger partial charge in [-0.3, -0.25) is 9.69 Å². The topological polar surface area (TPSA) is 58.4 Å². The van der Waals surface area contributed by atoms with Gasteiger partial charge in [0, 0.05) is 18.6 Å². The van der Waals surface area contributed by atoms with Crippen molar-refractivity contribution in [3.05, 3.63) is 35.6 Å². The predicted molar refractivity (Wildman–Crippen MR) is 74.1 cm³/mol. The van der Waals surface area contributed by atoms with Gasteiger partial charge in [0.15, 0.2) is 0 Å². The largest absolute Gasteiger partial charge is 0.353 e. The maximum Gasteiger partial charge on any atom is 0.234 e. The molecule has 0 aliphatic rings. The molecule has 0 aromatic heterocycles. The second-order valence-electron chi connectivity index (χ2n) is 4.94. The molecule has 0 radical (unpaired) electrons. The average Bonchev–Trinajstić information content (AvgIpc) is 2.28. The zero-order valence-electron chi connectivity index (χ0n) is 11.7. The van der Waals surface area contributed by atoms with Gasteiger partial charge in [-0.2, -0.15) is 0 Å². The lowest BCUT2D eigenvalue weighted by molar-refractivity contribution is -0.122. The molecule has 0 bridgehead atoms. The standard InChI is InChI=1S/C14H22FN3O/c1-10(2)17-14(19)9-18(3)13(8-16)11-5-4-6-12(15)7-11/h4-7,10,13H,8-9,16H2,1-3H3,(H,17,19). The molecule has 0 heterocycles. The van der Waals surface area contributed by atoms with Gasteiger partial charge in [0.1, 0.15) is 5.82 Å². The number of nitrogens with zero attached hydrogens (tertiary/aromatic N) is 1. The van der Waals surface area contributed by atoms with E-state index in [9.17, 15) is 9.18 Å². The van der Waals surface area contributed by atoms with Crippen molar-refractivity contribution in [3.8, 4) is 0 Å². The smallest absolute Gasteiger partial charge is 0.234 e. The number of hydrogen-bond acceptors (Lipinski definition) is 3. The molecule has 1 aromatic carbocycles. The van der Waals surface area contributed by atoms with E-state index >= 15 is 0 Å². The zero-order chi connectivity index (χ0) is 14.4. The minimum absolute atomic E-state index is 0.0626. The summed E-state index contributed by atoms with van der Waals surface area (Å²) >= 11 is 0. The Morgan fingerprint density at radius 3 is 2.68 bits per heavy atom. The van der Waals surface area contributed by atoms with E-state index in [0.717, 1.165) is 5.56 Å². The van der Waals surface area contributed by atoms with Crippen LogP contribution in [-0.2, 0) is 4.79 Å². The van der Waals surface area contributed by atoms with Crippen LogP contribution in [0.2, 0.25) is 0 Å². The minimum Gasteiger partial charge on any atom is -0.353 e. The Kier molecular flexibility index (Phi) is 5.92. The summed E-state index contributed by atoms with van der Waals surface area (Å²) in [6.45, 7) is 4.38. The number of hydrogen-bond donors (Lipinski definition) is 2. The van der Waals surface area contributed by atoms with E-state index in [1.807, 2.05) is 31.9 Å². The third kappa shape index (κ3) is 4.96. The van der Waals surface area contributed by atoms with E-state index in [1.54, 1.807) is 6.07 Å². The summed E-state index contributed by atoms with van der Waals surface area (Å²) in [5, 5.41) is 2.82. The van der Waals surface area contributed by atoms with Gasteiger partial charge in [0.25, 0.3) is 0 Å². The number of carbonyl (C=O) groups excluding carboxylic acids is 1. The Hall–Kier alpha value is -1.46. The number of nitrogens with one attached hydrogen (secondary N) is 1. The molecule has 0 spiro atoms. The van der Waals surface area contributed by atoms with Crippen LogP contribution in [0.1, 0.15) is 25.5 Å². The number of carbonyl (C=O) groups is 1. The van der Waals surface area contributed by atoms with Gasteiger partial charge in [-0.1, -0.05) is 12.1 Å². The fourth-order valence-electron chi connectivity index (χ4n) is 1.99. The van der Waals surface area contributed by atoms with E-state index in [0.29, 0.717) is 6.54 Å². The van der Waals surface area contributed by atoms with Crippen molar-refractivity contribution in [2.24, 2.45) is 5.73 Å². The van der Waals surface area contributed by atoms with Gasteiger partial charge in [-0.05, 0) is 38.6 Å². The van der Waals surface area contributed by atoms with Crippen LogP contribution in [0, 0.1) is 5.82 Å². The average molecular weight is 267 g/mol. The predicted octanol–water partition coefficient (Wildman–Crippen LogP) is 1.28. The van der Waals surface area contributed by atoms with Crippen LogP contribution in [0.4, 0.5) is 4.39 Å². The zero-order valence-corrected chi connectivity index (χ0v) is 11.7. The van der Waals surface area contributed by atoms with E-state index in [-0.39, 0.29) is 30.4 Å². The molecule has 1 amide bonds. The summed E-state index contributed by atoms with van der Waals surface area (Å²) < 4.78 is 13.2. The van der Waals surface area contributed by atoms with Gasteiger partial charge in [0.2, 0.25) is 5.91 Å². The van der Waals surface area contributed by atoms with Crippen LogP contribution < -0.4 is 11.1 Å². The third-order valence-electron chi connectivity index (χ3n) is 2.83. The first-order chi connectivity index (χ1) is 8.93. The van der Waals surface area contributed by atoms with E-state index in [4.69, 9.17) is 5.73 Å². The fraction of sp³-hybridized carbons (Fsp3) is 0.500. The molecule has 0 aliphatic heterocycles. The number of rotatable bonds is 6. The molecule has 1 atom stereocenters. The summed E-state index contributed by atoms with van der Waals surface area (Å²) in [6.07, 6.45) is 0. The molecule has 5 heteroatoms. The van der Waals surface area contributed by atoms with Gasteiger partial charge >= 0.3 is 0 Å². The van der Waals surface area contributed by atoms with E-state index in [2.05, 4.69) is 5.32 Å². The first-order valence-electron chi connectivity index (χ1n) is 6.39. The summed E-state index contributed by atoms with van der Waals surface area (Å²) in [5.41, 5.74) is 6.52. The molecule has 0 saturated carbocycles. The van der Waals surface area contributed by atoms with Crippen molar-refractivity contribution in [2.45, 2.75) is 25.9 Å². The molecule has 1 unspecified atom stereocenters. The van der Waals surface area contributed by atoms with E-state index < -0.39 is 0 Å². The highest BCUT2D eigenvalue weighted by Crippen LogP contribution is 2.18. The molecule has 106 valence electrons. The Bertz CT molecular complexity index is 423. The highest BCUT2D eigenvalue weighted by molar-refractivity contribution is 5.78. The van der Waals surface area contributed by atoms with Crippen LogP contribution >= 0.6 is 0 Å². The second kappa shape index (κ2) is 7.21. The molecule has 1 rings (SSSR count). The summed E-state index contributed by atoms with van der Waals surface area (Å²) in [4.78, 5) is 13.5. The molecule has 3 N–H and O–H groups in total. The molecule has 0 aliphatic carbocycles. The van der Waals surface area contributed by atoms with Crippen molar-refractivity contribution in [1.82, 2.24) is 10.2 Å². The normalized spacial score (nSPS) is 12.8. The highest BCUT2D eigenvalue weighted by atomic mass is 19.1. The Balaban J connectivity index is 2.71. The third-order valence-corrected chi connectivity index (χ3v) is 2.83. The van der Waals surface area contributed by atoms with Crippen LogP contribution in [0.3, 0.4) is 0 Å². The maximum atomic E-state index is 13.2. The van der Waals surface area contributed by atoms with Crippen molar-refractivity contribution in [2.75, 3.05) is 20.1 Å². The quantitative estimate of drug-likeness (QED) is 0.816. The number of nitrogens with two attached hydrogens (primary N) is 1. The van der Waals surface area contributed by atoms with Crippen molar-refractivity contribution >= 4 is 5.91 Å². The van der Waals surface area contributed by atoms with Crippen LogP contribution in [0.15, 0.2) is 24.3 Å². The molecule has 4 nitrogen and oxygen atoms in total. The molecule has 0 saturated heterocycles. The molecule has 1 aromatic rings. The highest BCUT2D eigenvalue weighted by Gasteiger charge is 2.18. The Morgan fingerprint density at radius 1 is 1.47 bits per heavy atom. The second-order valence-corrected chi connectivity index (χ2v) is 4.94. The van der Waals surface area contributed by atoms with Crippen molar-refractivity contribution < 1.29 is 9.18 Å². The SMILES string of the molecule is CC(C)NC(=O)CN(C)C(CN)c1cccc(F)c1.